The van der Waals surface area contributed by atoms with Crippen LogP contribution in [0.5, 0.6) is 0 Å². The SMILES string of the molecule is CCC(CSC)NC(=O)C(C(N)=S)c1ccccc1. The predicted molar refractivity (Wildman–Crippen MR) is 86.6 cm³/mol. The van der Waals surface area contributed by atoms with Gasteiger partial charge >= 0.3 is 0 Å². The molecule has 1 rings (SSSR count). The molecule has 1 aromatic rings. The van der Waals surface area contributed by atoms with E-state index in [1.54, 1.807) is 11.8 Å². The number of carbonyl (C=O) groups is 1. The van der Waals surface area contributed by atoms with Crippen LogP contribution in [-0.2, 0) is 4.79 Å². The Labute approximate surface area is 124 Å². The van der Waals surface area contributed by atoms with Crippen molar-refractivity contribution in [2.75, 3.05) is 12.0 Å². The van der Waals surface area contributed by atoms with E-state index < -0.39 is 5.92 Å². The van der Waals surface area contributed by atoms with E-state index in [9.17, 15) is 4.79 Å². The minimum Gasteiger partial charge on any atom is -0.392 e. The monoisotopic (exact) mass is 296 g/mol. The highest BCUT2D eigenvalue weighted by molar-refractivity contribution is 7.98. The first-order valence-electron chi connectivity index (χ1n) is 6.23. The van der Waals surface area contributed by atoms with E-state index in [0.29, 0.717) is 0 Å². The molecule has 19 heavy (non-hydrogen) atoms. The van der Waals surface area contributed by atoms with Crippen LogP contribution in [0.15, 0.2) is 30.3 Å². The molecule has 0 heterocycles. The molecule has 0 aliphatic rings. The van der Waals surface area contributed by atoms with E-state index in [4.69, 9.17) is 18.0 Å². The molecule has 3 N–H and O–H groups in total. The Balaban J connectivity index is 2.83. The van der Waals surface area contributed by atoms with E-state index >= 15 is 0 Å². The molecule has 0 fully saturated rings. The topological polar surface area (TPSA) is 55.1 Å². The molecular formula is C14H20N2OS2. The van der Waals surface area contributed by atoms with E-state index in [-0.39, 0.29) is 16.9 Å². The van der Waals surface area contributed by atoms with Crippen molar-refractivity contribution in [3.63, 3.8) is 0 Å². The average molecular weight is 296 g/mol. The minimum atomic E-state index is -0.549. The molecule has 3 nitrogen and oxygen atoms in total. The fourth-order valence-corrected chi connectivity index (χ4v) is 2.80. The summed E-state index contributed by atoms with van der Waals surface area (Å²) in [5.74, 6) is 0.230. The average Bonchev–Trinajstić information content (AvgIpc) is 2.39. The number of carbonyl (C=O) groups excluding carboxylic acids is 1. The van der Waals surface area contributed by atoms with Gasteiger partial charge in [0.05, 0.1) is 4.99 Å². The van der Waals surface area contributed by atoms with Gasteiger partial charge in [0.2, 0.25) is 5.91 Å². The number of benzene rings is 1. The number of thiocarbonyl (C=S) groups is 1. The second kappa shape index (κ2) is 8.17. The number of hydrogen-bond donors (Lipinski definition) is 2. The maximum atomic E-state index is 12.3. The fraction of sp³-hybridized carbons (Fsp3) is 0.429. The van der Waals surface area contributed by atoms with Gasteiger partial charge in [-0.15, -0.1) is 0 Å². The third-order valence-corrected chi connectivity index (χ3v) is 3.86. The minimum absolute atomic E-state index is 0.111. The summed E-state index contributed by atoms with van der Waals surface area (Å²) in [7, 11) is 0. The van der Waals surface area contributed by atoms with E-state index in [1.165, 1.54) is 0 Å². The molecule has 2 unspecified atom stereocenters. The summed E-state index contributed by atoms with van der Waals surface area (Å²) in [6, 6.07) is 9.57. The summed E-state index contributed by atoms with van der Waals surface area (Å²) in [6.07, 6.45) is 2.92. The molecule has 0 aliphatic carbocycles. The molecule has 0 saturated carbocycles. The number of nitrogens with one attached hydrogen (secondary N) is 1. The first-order valence-corrected chi connectivity index (χ1v) is 8.03. The molecule has 0 saturated heterocycles. The molecule has 1 aromatic carbocycles. The van der Waals surface area contributed by atoms with Gasteiger partial charge in [-0.05, 0) is 18.2 Å². The van der Waals surface area contributed by atoms with Crippen molar-refractivity contribution in [1.29, 1.82) is 0 Å². The van der Waals surface area contributed by atoms with Crippen molar-refractivity contribution in [2.24, 2.45) is 5.73 Å². The molecule has 0 aliphatic heterocycles. The molecule has 104 valence electrons. The lowest BCUT2D eigenvalue weighted by Crippen LogP contribution is -2.42. The highest BCUT2D eigenvalue weighted by Crippen LogP contribution is 2.17. The highest BCUT2D eigenvalue weighted by atomic mass is 32.2. The van der Waals surface area contributed by atoms with Gasteiger partial charge in [-0.25, -0.2) is 0 Å². The van der Waals surface area contributed by atoms with E-state index in [2.05, 4.69) is 12.2 Å². The summed E-state index contributed by atoms with van der Waals surface area (Å²) in [5, 5.41) is 3.02. The fourth-order valence-electron chi connectivity index (χ4n) is 1.84. The Bertz CT molecular complexity index is 423. The van der Waals surface area contributed by atoms with Gasteiger partial charge in [0.1, 0.15) is 5.92 Å². The summed E-state index contributed by atoms with van der Waals surface area (Å²) in [6.45, 7) is 2.06. The molecule has 1 amide bonds. The van der Waals surface area contributed by atoms with Crippen molar-refractivity contribution in [3.05, 3.63) is 35.9 Å². The normalized spacial score (nSPS) is 13.6. The molecular weight excluding hydrogens is 276 g/mol. The van der Waals surface area contributed by atoms with Crippen LogP contribution in [0.1, 0.15) is 24.8 Å². The quantitative estimate of drug-likeness (QED) is 0.758. The second-order valence-corrected chi connectivity index (χ2v) is 5.70. The third kappa shape index (κ3) is 4.84. The van der Waals surface area contributed by atoms with Crippen LogP contribution in [0.3, 0.4) is 0 Å². The zero-order valence-corrected chi connectivity index (χ0v) is 12.9. The molecule has 0 radical (unpaired) electrons. The Kier molecular flexibility index (Phi) is 6.87. The smallest absolute Gasteiger partial charge is 0.234 e. The number of hydrogen-bond acceptors (Lipinski definition) is 3. The Morgan fingerprint density at radius 2 is 2.05 bits per heavy atom. The molecule has 0 aromatic heterocycles. The van der Waals surface area contributed by atoms with Crippen LogP contribution in [0.4, 0.5) is 0 Å². The van der Waals surface area contributed by atoms with Gasteiger partial charge < -0.3 is 11.1 Å². The van der Waals surface area contributed by atoms with Gasteiger partial charge in [0.15, 0.2) is 0 Å². The maximum Gasteiger partial charge on any atom is 0.234 e. The van der Waals surface area contributed by atoms with Gasteiger partial charge in [-0.2, -0.15) is 11.8 Å². The lowest BCUT2D eigenvalue weighted by Gasteiger charge is -2.21. The standard InChI is InChI=1S/C14H20N2OS2/c1-3-11(9-19-2)16-14(17)12(13(15)18)10-7-5-4-6-8-10/h4-8,11-12H,3,9H2,1-2H3,(H2,15,18)(H,16,17). The van der Waals surface area contributed by atoms with E-state index in [0.717, 1.165) is 17.7 Å². The van der Waals surface area contributed by atoms with Crippen LogP contribution in [0, 0.1) is 0 Å². The van der Waals surface area contributed by atoms with Crippen molar-refractivity contribution < 1.29 is 4.79 Å². The summed E-state index contributed by atoms with van der Waals surface area (Å²) >= 11 is 6.75. The number of thioether (sulfide) groups is 1. The zero-order chi connectivity index (χ0) is 14.3. The third-order valence-electron chi connectivity index (χ3n) is 2.89. The Morgan fingerprint density at radius 3 is 2.53 bits per heavy atom. The van der Waals surface area contributed by atoms with Crippen LogP contribution < -0.4 is 11.1 Å². The van der Waals surface area contributed by atoms with Crippen LogP contribution in [0.25, 0.3) is 0 Å². The van der Waals surface area contributed by atoms with Crippen LogP contribution >= 0.6 is 24.0 Å². The summed E-state index contributed by atoms with van der Waals surface area (Å²) in [4.78, 5) is 12.6. The Hall–Kier alpha value is -1.07. The van der Waals surface area contributed by atoms with Gasteiger partial charge in [-0.3, -0.25) is 4.79 Å². The maximum absolute atomic E-state index is 12.3. The predicted octanol–water partition coefficient (Wildman–Crippen LogP) is 2.31. The largest absolute Gasteiger partial charge is 0.392 e. The van der Waals surface area contributed by atoms with Crippen molar-refractivity contribution in [1.82, 2.24) is 5.32 Å². The van der Waals surface area contributed by atoms with Crippen molar-refractivity contribution in [3.8, 4) is 0 Å². The first-order chi connectivity index (χ1) is 9.10. The molecule has 5 heteroatoms. The lowest BCUT2D eigenvalue weighted by atomic mass is 9.98. The zero-order valence-electron chi connectivity index (χ0n) is 11.3. The lowest BCUT2D eigenvalue weighted by molar-refractivity contribution is -0.121. The summed E-state index contributed by atoms with van der Waals surface area (Å²) < 4.78 is 0. The number of amides is 1. The van der Waals surface area contributed by atoms with Crippen LogP contribution in [-0.4, -0.2) is 28.9 Å². The van der Waals surface area contributed by atoms with E-state index in [1.807, 2.05) is 36.6 Å². The van der Waals surface area contributed by atoms with Gasteiger partial charge in [0.25, 0.3) is 0 Å². The Morgan fingerprint density at radius 1 is 1.42 bits per heavy atom. The van der Waals surface area contributed by atoms with Crippen molar-refractivity contribution >= 4 is 34.9 Å². The van der Waals surface area contributed by atoms with Gasteiger partial charge in [-0.1, -0.05) is 49.5 Å². The molecule has 2 atom stereocenters. The van der Waals surface area contributed by atoms with Gasteiger partial charge in [0, 0.05) is 11.8 Å². The molecule has 0 spiro atoms. The first kappa shape index (κ1) is 16.0. The van der Waals surface area contributed by atoms with Crippen LogP contribution in [0.2, 0.25) is 0 Å². The highest BCUT2D eigenvalue weighted by Gasteiger charge is 2.24. The molecule has 0 bridgehead atoms. The van der Waals surface area contributed by atoms with Crippen molar-refractivity contribution in [2.45, 2.75) is 25.3 Å². The summed E-state index contributed by atoms with van der Waals surface area (Å²) in [5.41, 5.74) is 6.57. The number of nitrogens with two attached hydrogens (primary N) is 1. The number of rotatable bonds is 7. The second-order valence-electron chi connectivity index (χ2n) is 4.32.